The van der Waals surface area contributed by atoms with Gasteiger partial charge in [-0.2, -0.15) is 0 Å². The highest BCUT2D eigenvalue weighted by Crippen LogP contribution is 2.06. The van der Waals surface area contributed by atoms with Gasteiger partial charge in [0.05, 0.1) is 13.5 Å². The highest BCUT2D eigenvalue weighted by atomic mass is 16.6. The van der Waals surface area contributed by atoms with E-state index in [4.69, 9.17) is 4.74 Å². The number of nitrogens with zero attached hydrogens (tertiary/aromatic N) is 1. The summed E-state index contributed by atoms with van der Waals surface area (Å²) in [4.78, 5) is 26.4. The number of hydrogen-bond donors (Lipinski definition) is 3. The quantitative estimate of drug-likeness (QED) is 0.276. The van der Waals surface area contributed by atoms with Gasteiger partial charge in [-0.25, -0.2) is 4.79 Å². The molecule has 128 valence electrons. The van der Waals surface area contributed by atoms with Crippen molar-refractivity contribution in [3.05, 3.63) is 0 Å². The SMILES string of the molecule is CN=C(NCCCNC(=O)OC(C)(C)C)NCCC(=O)OC. The molecule has 0 aliphatic carbocycles. The minimum atomic E-state index is -0.492. The number of nitrogens with one attached hydrogen (secondary N) is 3. The molecule has 0 radical (unpaired) electrons. The molecule has 3 N–H and O–H groups in total. The Kier molecular flexibility index (Phi) is 9.73. The average molecular weight is 316 g/mol. The van der Waals surface area contributed by atoms with Crippen LogP contribution in [0.3, 0.4) is 0 Å². The summed E-state index contributed by atoms with van der Waals surface area (Å²) in [7, 11) is 3.00. The van der Waals surface area contributed by atoms with Gasteiger partial charge in [-0.1, -0.05) is 0 Å². The monoisotopic (exact) mass is 316 g/mol. The van der Waals surface area contributed by atoms with Crippen LogP contribution >= 0.6 is 0 Å². The van der Waals surface area contributed by atoms with Gasteiger partial charge < -0.3 is 25.4 Å². The highest BCUT2D eigenvalue weighted by Gasteiger charge is 2.15. The number of carbonyl (C=O) groups excluding carboxylic acids is 2. The Morgan fingerprint density at radius 3 is 2.18 bits per heavy atom. The topological polar surface area (TPSA) is 101 Å². The lowest BCUT2D eigenvalue weighted by molar-refractivity contribution is -0.140. The number of amides is 1. The third-order valence-electron chi connectivity index (χ3n) is 2.39. The molecule has 0 aromatic rings. The second-order valence-corrected chi connectivity index (χ2v) is 5.53. The summed E-state index contributed by atoms with van der Waals surface area (Å²) < 4.78 is 9.67. The maximum atomic E-state index is 11.4. The van der Waals surface area contributed by atoms with Crippen LogP contribution in [0.2, 0.25) is 0 Å². The van der Waals surface area contributed by atoms with Crippen LogP contribution in [-0.2, 0) is 14.3 Å². The molecule has 8 nitrogen and oxygen atoms in total. The van der Waals surface area contributed by atoms with Crippen molar-refractivity contribution >= 4 is 18.0 Å². The Bertz CT molecular complexity index is 378. The van der Waals surface area contributed by atoms with Gasteiger partial charge >= 0.3 is 12.1 Å². The minimum Gasteiger partial charge on any atom is -0.469 e. The second kappa shape index (κ2) is 10.7. The van der Waals surface area contributed by atoms with E-state index in [-0.39, 0.29) is 12.4 Å². The Morgan fingerprint density at radius 2 is 1.64 bits per heavy atom. The van der Waals surface area contributed by atoms with Crippen molar-refractivity contribution in [2.45, 2.75) is 39.2 Å². The van der Waals surface area contributed by atoms with Gasteiger partial charge in [-0.3, -0.25) is 9.79 Å². The molecule has 22 heavy (non-hydrogen) atoms. The number of aliphatic imine (C=N–C) groups is 1. The number of guanidine groups is 1. The summed E-state index contributed by atoms with van der Waals surface area (Å²) >= 11 is 0. The van der Waals surface area contributed by atoms with Crippen LogP contribution in [0.15, 0.2) is 4.99 Å². The zero-order chi connectivity index (χ0) is 17.0. The van der Waals surface area contributed by atoms with Gasteiger partial charge in [0.1, 0.15) is 5.60 Å². The molecule has 0 heterocycles. The van der Waals surface area contributed by atoms with Crippen LogP contribution in [-0.4, -0.2) is 57.4 Å². The standard InChI is InChI=1S/C14H28N4O4/c1-14(2,3)22-13(20)18-9-6-8-16-12(15-4)17-10-7-11(19)21-5/h6-10H2,1-5H3,(H,18,20)(H2,15,16,17). The molecule has 0 saturated heterocycles. The van der Waals surface area contributed by atoms with Crippen LogP contribution in [0.25, 0.3) is 0 Å². The predicted octanol–water partition coefficient (Wildman–Crippen LogP) is 0.629. The third-order valence-corrected chi connectivity index (χ3v) is 2.39. The summed E-state index contributed by atoms with van der Waals surface area (Å²) in [5, 5.41) is 8.74. The normalized spacial score (nSPS) is 11.6. The molecule has 0 saturated carbocycles. The zero-order valence-corrected chi connectivity index (χ0v) is 14.1. The highest BCUT2D eigenvalue weighted by molar-refractivity contribution is 5.80. The van der Waals surface area contributed by atoms with E-state index in [1.807, 2.05) is 20.8 Å². The zero-order valence-electron chi connectivity index (χ0n) is 14.1. The van der Waals surface area contributed by atoms with Gasteiger partial charge in [0.15, 0.2) is 5.96 Å². The first-order valence-electron chi connectivity index (χ1n) is 7.26. The Labute approximate surface area is 132 Å². The van der Waals surface area contributed by atoms with Gasteiger partial charge in [0, 0.05) is 26.7 Å². The molecular weight excluding hydrogens is 288 g/mol. The maximum Gasteiger partial charge on any atom is 0.407 e. The molecule has 8 heteroatoms. The van der Waals surface area contributed by atoms with Crippen molar-refractivity contribution in [1.29, 1.82) is 0 Å². The summed E-state index contributed by atoms with van der Waals surface area (Å²) in [6.07, 6.45) is 0.571. The van der Waals surface area contributed by atoms with Crippen molar-refractivity contribution in [3.8, 4) is 0 Å². The number of ether oxygens (including phenoxy) is 2. The lowest BCUT2D eigenvalue weighted by atomic mass is 10.2. The molecular formula is C14H28N4O4. The first-order chi connectivity index (χ1) is 10.3. The van der Waals surface area contributed by atoms with Crippen molar-refractivity contribution in [2.24, 2.45) is 4.99 Å². The van der Waals surface area contributed by atoms with E-state index in [0.717, 1.165) is 6.42 Å². The van der Waals surface area contributed by atoms with Gasteiger partial charge in [-0.05, 0) is 27.2 Å². The summed E-state index contributed by atoms with van der Waals surface area (Å²) in [6.45, 7) is 7.03. The van der Waals surface area contributed by atoms with Crippen molar-refractivity contribution in [1.82, 2.24) is 16.0 Å². The van der Waals surface area contributed by atoms with E-state index in [1.54, 1.807) is 7.05 Å². The van der Waals surface area contributed by atoms with E-state index in [9.17, 15) is 9.59 Å². The van der Waals surface area contributed by atoms with E-state index in [2.05, 4.69) is 25.7 Å². The molecule has 1 amide bonds. The van der Waals surface area contributed by atoms with Crippen molar-refractivity contribution < 1.29 is 19.1 Å². The van der Waals surface area contributed by atoms with Crippen molar-refractivity contribution in [2.75, 3.05) is 33.8 Å². The lowest BCUT2D eigenvalue weighted by Crippen LogP contribution is -2.40. The van der Waals surface area contributed by atoms with E-state index >= 15 is 0 Å². The number of esters is 1. The average Bonchev–Trinajstić information content (AvgIpc) is 2.42. The first kappa shape index (κ1) is 20.0. The Morgan fingerprint density at radius 1 is 1.05 bits per heavy atom. The van der Waals surface area contributed by atoms with Crippen LogP contribution < -0.4 is 16.0 Å². The van der Waals surface area contributed by atoms with Gasteiger partial charge in [-0.15, -0.1) is 0 Å². The number of rotatable bonds is 7. The van der Waals surface area contributed by atoms with Crippen LogP contribution in [0.5, 0.6) is 0 Å². The predicted molar refractivity (Wildman–Crippen MR) is 84.9 cm³/mol. The molecule has 0 bridgehead atoms. The number of alkyl carbamates (subject to hydrolysis) is 1. The number of carbonyl (C=O) groups is 2. The van der Waals surface area contributed by atoms with E-state index in [1.165, 1.54) is 7.11 Å². The van der Waals surface area contributed by atoms with Crippen LogP contribution in [0, 0.1) is 0 Å². The summed E-state index contributed by atoms with van der Waals surface area (Å²) in [5.74, 6) is 0.325. The lowest BCUT2D eigenvalue weighted by Gasteiger charge is -2.19. The van der Waals surface area contributed by atoms with Crippen molar-refractivity contribution in [3.63, 3.8) is 0 Å². The number of hydrogen-bond acceptors (Lipinski definition) is 5. The Balaban J connectivity index is 3.71. The molecule has 0 fully saturated rings. The summed E-state index contributed by atoms with van der Waals surface area (Å²) in [6, 6.07) is 0. The van der Waals surface area contributed by atoms with Crippen LogP contribution in [0.1, 0.15) is 33.6 Å². The molecule has 0 unspecified atom stereocenters. The fourth-order valence-corrected chi connectivity index (χ4v) is 1.41. The van der Waals surface area contributed by atoms with Crippen LogP contribution in [0.4, 0.5) is 4.79 Å². The molecule has 0 rings (SSSR count). The third kappa shape index (κ3) is 11.8. The molecule has 0 spiro atoms. The fraction of sp³-hybridized carbons (Fsp3) is 0.786. The Hall–Kier alpha value is -1.99. The van der Waals surface area contributed by atoms with Gasteiger partial charge in [0.2, 0.25) is 0 Å². The molecule has 0 aromatic carbocycles. The summed E-state index contributed by atoms with van der Waals surface area (Å²) in [5.41, 5.74) is -0.492. The molecule has 0 aliphatic heterocycles. The smallest absolute Gasteiger partial charge is 0.407 e. The second-order valence-electron chi connectivity index (χ2n) is 5.53. The molecule has 0 atom stereocenters. The maximum absolute atomic E-state index is 11.4. The largest absolute Gasteiger partial charge is 0.469 e. The van der Waals surface area contributed by atoms with E-state index < -0.39 is 11.7 Å². The first-order valence-corrected chi connectivity index (χ1v) is 7.26. The van der Waals surface area contributed by atoms with E-state index in [0.29, 0.717) is 25.6 Å². The fourth-order valence-electron chi connectivity index (χ4n) is 1.41. The number of methoxy groups -OCH3 is 1. The molecule has 0 aromatic heterocycles. The minimum absolute atomic E-state index is 0.274. The molecule has 0 aliphatic rings. The van der Waals surface area contributed by atoms with Gasteiger partial charge in [0.25, 0.3) is 0 Å².